The van der Waals surface area contributed by atoms with Crippen LogP contribution in [0.4, 0.5) is 11.5 Å². The van der Waals surface area contributed by atoms with Crippen LogP contribution in [0.15, 0.2) is 30.6 Å². The zero-order chi connectivity index (χ0) is 13.8. The highest BCUT2D eigenvalue weighted by Crippen LogP contribution is 2.24. The number of rotatable bonds is 4. The molecule has 0 amide bonds. The lowest BCUT2D eigenvalue weighted by Crippen LogP contribution is -2.04. The molecular weight excluding hydrogens is 242 g/mol. The molecule has 0 unspecified atom stereocenters. The molecule has 2 aromatic rings. The van der Waals surface area contributed by atoms with Crippen LogP contribution in [0.2, 0.25) is 0 Å². The first kappa shape index (κ1) is 13.0. The second kappa shape index (κ2) is 5.48. The molecule has 5 nitrogen and oxygen atoms in total. The Kier molecular flexibility index (Phi) is 3.75. The third-order valence-electron chi connectivity index (χ3n) is 2.88. The van der Waals surface area contributed by atoms with Crippen LogP contribution in [0.1, 0.15) is 28.5 Å². The molecule has 1 aromatic carbocycles. The van der Waals surface area contributed by atoms with Crippen molar-refractivity contribution in [1.29, 1.82) is 0 Å². The van der Waals surface area contributed by atoms with Crippen molar-refractivity contribution in [3.8, 4) is 0 Å². The Balaban J connectivity index is 2.36. The average Bonchev–Trinajstić information content (AvgIpc) is 2.41. The van der Waals surface area contributed by atoms with E-state index in [0.29, 0.717) is 5.82 Å². The Morgan fingerprint density at radius 1 is 1.37 bits per heavy atom. The fraction of sp³-hybridized carbons (Fsp3) is 0.214. The van der Waals surface area contributed by atoms with Gasteiger partial charge in [0.05, 0.1) is 0 Å². The minimum atomic E-state index is -1.06. The average molecular weight is 257 g/mol. The van der Waals surface area contributed by atoms with Gasteiger partial charge in [0.1, 0.15) is 12.1 Å². The van der Waals surface area contributed by atoms with Gasteiger partial charge >= 0.3 is 5.97 Å². The lowest BCUT2D eigenvalue weighted by atomic mass is 10.1. The maximum atomic E-state index is 10.9. The van der Waals surface area contributed by atoms with E-state index in [2.05, 4.69) is 22.2 Å². The smallest absolute Gasteiger partial charge is 0.354 e. The van der Waals surface area contributed by atoms with Crippen LogP contribution in [0.3, 0.4) is 0 Å². The highest BCUT2D eigenvalue weighted by atomic mass is 16.4. The summed E-state index contributed by atoms with van der Waals surface area (Å²) in [5, 5.41) is 12.1. The van der Waals surface area contributed by atoms with Crippen LogP contribution in [-0.2, 0) is 6.42 Å². The number of benzene rings is 1. The molecule has 2 N–H and O–H groups in total. The predicted molar refractivity (Wildman–Crippen MR) is 72.8 cm³/mol. The first-order valence-electron chi connectivity index (χ1n) is 6.02. The highest BCUT2D eigenvalue weighted by Gasteiger charge is 2.09. The second-order valence-electron chi connectivity index (χ2n) is 4.18. The van der Waals surface area contributed by atoms with Crippen LogP contribution in [-0.4, -0.2) is 21.0 Å². The van der Waals surface area contributed by atoms with Gasteiger partial charge < -0.3 is 10.4 Å². The van der Waals surface area contributed by atoms with Crippen molar-refractivity contribution in [2.75, 3.05) is 5.32 Å². The zero-order valence-corrected chi connectivity index (χ0v) is 10.8. The molecule has 0 saturated carbocycles. The first-order chi connectivity index (χ1) is 9.11. The van der Waals surface area contributed by atoms with E-state index < -0.39 is 5.97 Å². The van der Waals surface area contributed by atoms with E-state index in [1.165, 1.54) is 12.4 Å². The van der Waals surface area contributed by atoms with E-state index in [-0.39, 0.29) is 5.69 Å². The number of carbonyl (C=O) groups is 1. The molecule has 0 aliphatic carbocycles. The Hall–Kier alpha value is -2.43. The molecule has 0 saturated heterocycles. The summed E-state index contributed by atoms with van der Waals surface area (Å²) >= 11 is 0. The summed E-state index contributed by atoms with van der Waals surface area (Å²) in [5.41, 5.74) is 3.20. The summed E-state index contributed by atoms with van der Waals surface area (Å²) in [6.07, 6.45) is 2.14. The number of nitrogens with zero attached hydrogens (tertiary/aromatic N) is 2. The Labute approximate surface area is 111 Å². The van der Waals surface area contributed by atoms with Gasteiger partial charge in [0, 0.05) is 11.8 Å². The highest BCUT2D eigenvalue weighted by molar-refractivity contribution is 5.86. The number of para-hydroxylation sites is 1. The van der Waals surface area contributed by atoms with Crippen LogP contribution in [0, 0.1) is 6.92 Å². The number of carboxylic acids is 1. The van der Waals surface area contributed by atoms with Crippen LogP contribution < -0.4 is 5.32 Å². The number of aromatic carboxylic acids is 1. The molecule has 0 spiro atoms. The molecule has 0 atom stereocenters. The van der Waals surface area contributed by atoms with Crippen molar-refractivity contribution >= 4 is 17.5 Å². The van der Waals surface area contributed by atoms with E-state index in [9.17, 15) is 4.79 Å². The monoisotopic (exact) mass is 257 g/mol. The maximum Gasteiger partial charge on any atom is 0.354 e. The van der Waals surface area contributed by atoms with Crippen molar-refractivity contribution in [2.24, 2.45) is 0 Å². The lowest BCUT2D eigenvalue weighted by Gasteiger charge is -2.13. The van der Waals surface area contributed by atoms with Gasteiger partial charge in [0.15, 0.2) is 5.69 Å². The molecule has 2 rings (SSSR count). The molecule has 0 bridgehead atoms. The number of hydrogen-bond donors (Lipinski definition) is 2. The SMILES string of the molecule is CCc1cccc(C)c1Nc1cc(C(=O)O)ncn1. The van der Waals surface area contributed by atoms with Gasteiger partial charge in [-0.2, -0.15) is 0 Å². The van der Waals surface area contributed by atoms with Gasteiger partial charge in [0.25, 0.3) is 0 Å². The molecule has 0 aliphatic heterocycles. The fourth-order valence-electron chi connectivity index (χ4n) is 1.87. The fourth-order valence-corrected chi connectivity index (χ4v) is 1.87. The third kappa shape index (κ3) is 2.88. The van der Waals surface area contributed by atoms with E-state index in [4.69, 9.17) is 5.11 Å². The summed E-state index contributed by atoms with van der Waals surface area (Å²) in [7, 11) is 0. The van der Waals surface area contributed by atoms with Crippen molar-refractivity contribution in [1.82, 2.24) is 9.97 Å². The van der Waals surface area contributed by atoms with Gasteiger partial charge in [-0.25, -0.2) is 14.8 Å². The van der Waals surface area contributed by atoms with Crippen molar-refractivity contribution in [3.63, 3.8) is 0 Å². The summed E-state index contributed by atoms with van der Waals surface area (Å²) < 4.78 is 0. The minimum absolute atomic E-state index is 0.0240. The number of aromatic nitrogens is 2. The summed E-state index contributed by atoms with van der Waals surface area (Å²) in [5.74, 6) is -0.581. The van der Waals surface area contributed by atoms with Crippen molar-refractivity contribution in [2.45, 2.75) is 20.3 Å². The van der Waals surface area contributed by atoms with E-state index >= 15 is 0 Å². The Bertz CT molecular complexity index is 611. The molecule has 0 aliphatic rings. The lowest BCUT2D eigenvalue weighted by molar-refractivity contribution is 0.0690. The normalized spacial score (nSPS) is 10.2. The summed E-state index contributed by atoms with van der Waals surface area (Å²) in [6, 6.07) is 7.46. The van der Waals surface area contributed by atoms with Gasteiger partial charge in [-0.15, -0.1) is 0 Å². The number of hydrogen-bond acceptors (Lipinski definition) is 4. The minimum Gasteiger partial charge on any atom is -0.477 e. The molecule has 1 heterocycles. The molecule has 19 heavy (non-hydrogen) atoms. The second-order valence-corrected chi connectivity index (χ2v) is 4.18. The quantitative estimate of drug-likeness (QED) is 0.880. The number of nitrogens with one attached hydrogen (secondary N) is 1. The molecule has 0 fully saturated rings. The van der Waals surface area contributed by atoms with Gasteiger partial charge in [-0.3, -0.25) is 0 Å². The standard InChI is InChI=1S/C14H15N3O2/c1-3-10-6-4-5-9(2)13(10)17-12-7-11(14(18)19)15-8-16-12/h4-8H,3H2,1-2H3,(H,18,19)(H,15,16,17). The Morgan fingerprint density at radius 3 is 2.84 bits per heavy atom. The zero-order valence-electron chi connectivity index (χ0n) is 10.8. The van der Waals surface area contributed by atoms with Crippen LogP contribution in [0.5, 0.6) is 0 Å². The van der Waals surface area contributed by atoms with E-state index in [0.717, 1.165) is 23.2 Å². The largest absolute Gasteiger partial charge is 0.477 e. The van der Waals surface area contributed by atoms with Gasteiger partial charge in [0.2, 0.25) is 0 Å². The van der Waals surface area contributed by atoms with Crippen molar-refractivity contribution in [3.05, 3.63) is 47.4 Å². The molecule has 1 aromatic heterocycles. The van der Waals surface area contributed by atoms with Crippen LogP contribution in [0.25, 0.3) is 0 Å². The van der Waals surface area contributed by atoms with Gasteiger partial charge in [-0.05, 0) is 24.5 Å². The number of anilines is 2. The maximum absolute atomic E-state index is 10.9. The predicted octanol–water partition coefficient (Wildman–Crippen LogP) is 2.79. The number of carboxylic acid groups (broad SMARTS) is 1. The molecule has 5 heteroatoms. The topological polar surface area (TPSA) is 75.1 Å². The molecule has 98 valence electrons. The third-order valence-corrected chi connectivity index (χ3v) is 2.88. The number of aryl methyl sites for hydroxylation is 2. The summed E-state index contributed by atoms with van der Waals surface area (Å²) in [6.45, 7) is 4.07. The first-order valence-corrected chi connectivity index (χ1v) is 6.02. The van der Waals surface area contributed by atoms with E-state index in [1.54, 1.807) is 0 Å². The van der Waals surface area contributed by atoms with Gasteiger partial charge in [-0.1, -0.05) is 25.1 Å². The Morgan fingerprint density at radius 2 is 2.16 bits per heavy atom. The van der Waals surface area contributed by atoms with Crippen molar-refractivity contribution < 1.29 is 9.90 Å². The summed E-state index contributed by atoms with van der Waals surface area (Å²) in [4.78, 5) is 18.6. The van der Waals surface area contributed by atoms with Crippen LogP contribution >= 0.6 is 0 Å². The molecule has 0 radical (unpaired) electrons. The molecular formula is C14H15N3O2. The van der Waals surface area contributed by atoms with E-state index in [1.807, 2.05) is 25.1 Å².